The molecule has 0 aliphatic carbocycles. The van der Waals surface area contributed by atoms with Crippen LogP contribution in [0.5, 0.6) is 0 Å². The van der Waals surface area contributed by atoms with E-state index in [1.54, 1.807) is 0 Å². The molecule has 0 N–H and O–H groups in total. The lowest BCUT2D eigenvalue weighted by Crippen LogP contribution is -2.10. The predicted octanol–water partition coefficient (Wildman–Crippen LogP) is 17.7. The Balaban J connectivity index is 0.984. The highest BCUT2D eigenvalue weighted by Crippen LogP contribution is 2.50. The molecule has 2 heteroatoms. The first-order valence-corrected chi connectivity index (χ1v) is 22.0. The van der Waals surface area contributed by atoms with Gasteiger partial charge in [0.2, 0.25) is 0 Å². The molecule has 11 aromatic carbocycles. The van der Waals surface area contributed by atoms with Crippen LogP contribution in [0.4, 0.5) is 17.1 Å². The SMILES string of the molecule is c1ccc(-c2ccc(N(c3ccc(-c4ccc5cc(-c6ccc7ccccc7c6)ccc5c4)cc3)c3cc4ccccc4c4c3sc3c(-c5ccccc5)cccc34)cc2)cc1. The van der Waals surface area contributed by atoms with Gasteiger partial charge in [-0.3, -0.25) is 0 Å². The molecule has 0 aliphatic heterocycles. The Morgan fingerprint density at radius 1 is 0.274 bits per heavy atom. The molecule has 0 amide bonds. The summed E-state index contributed by atoms with van der Waals surface area (Å²) < 4.78 is 2.58. The average Bonchev–Trinajstić information content (AvgIpc) is 3.75. The third-order valence-electron chi connectivity index (χ3n) is 12.4. The molecule has 62 heavy (non-hydrogen) atoms. The number of rotatable bonds is 7. The van der Waals surface area contributed by atoms with Crippen LogP contribution in [0.25, 0.3) is 97.0 Å². The molecule has 0 spiro atoms. The summed E-state index contributed by atoms with van der Waals surface area (Å²) in [5.41, 5.74) is 13.2. The molecule has 0 unspecified atom stereocenters. The van der Waals surface area contributed by atoms with Gasteiger partial charge in [0.15, 0.2) is 0 Å². The first-order valence-electron chi connectivity index (χ1n) is 21.2. The van der Waals surface area contributed by atoms with Crippen LogP contribution in [-0.2, 0) is 0 Å². The van der Waals surface area contributed by atoms with E-state index >= 15 is 0 Å². The minimum Gasteiger partial charge on any atom is -0.309 e. The first kappa shape index (κ1) is 36.1. The van der Waals surface area contributed by atoms with Crippen molar-refractivity contribution < 1.29 is 0 Å². The number of anilines is 3. The standard InChI is InChI=1S/C60H39NS/c1-3-12-40(13-4-1)42-28-32-52(33-29-42)61(57-39-51-18-9-10-19-54(51)58-56-21-11-20-55(59(56)62-60(57)58)44-15-5-2-6-16-44)53-34-30-43(31-35-53)46-24-25-49-38-50(27-26-48(49)37-46)47-23-22-41-14-7-8-17-45(41)36-47/h1-39H. The lowest BCUT2D eigenvalue weighted by Gasteiger charge is -2.27. The molecule has 0 saturated heterocycles. The highest BCUT2D eigenvalue weighted by atomic mass is 32.1. The largest absolute Gasteiger partial charge is 0.309 e. The van der Waals surface area contributed by atoms with Gasteiger partial charge in [0.1, 0.15) is 0 Å². The molecule has 1 nitrogen and oxygen atoms in total. The molecule has 1 heterocycles. The van der Waals surface area contributed by atoms with Gasteiger partial charge >= 0.3 is 0 Å². The number of thiophene rings is 1. The smallest absolute Gasteiger partial charge is 0.0646 e. The highest BCUT2D eigenvalue weighted by molar-refractivity contribution is 7.27. The number of nitrogens with zero attached hydrogens (tertiary/aromatic N) is 1. The molecule has 290 valence electrons. The van der Waals surface area contributed by atoms with E-state index in [-0.39, 0.29) is 0 Å². The Kier molecular flexibility index (Phi) is 8.76. The monoisotopic (exact) mass is 805 g/mol. The van der Waals surface area contributed by atoms with Crippen LogP contribution in [0.15, 0.2) is 237 Å². The van der Waals surface area contributed by atoms with Gasteiger partial charge < -0.3 is 4.90 Å². The zero-order chi connectivity index (χ0) is 41.0. The molecule has 0 aliphatic rings. The second-order valence-electron chi connectivity index (χ2n) is 16.1. The third kappa shape index (κ3) is 6.32. The summed E-state index contributed by atoms with van der Waals surface area (Å²) in [5.74, 6) is 0. The Hall–Kier alpha value is -7.78. The van der Waals surface area contributed by atoms with Crippen molar-refractivity contribution in [1.82, 2.24) is 0 Å². The van der Waals surface area contributed by atoms with Crippen LogP contribution in [0.1, 0.15) is 0 Å². The van der Waals surface area contributed by atoms with Crippen LogP contribution < -0.4 is 4.90 Å². The molecule has 0 atom stereocenters. The third-order valence-corrected chi connectivity index (χ3v) is 13.7. The normalized spacial score (nSPS) is 11.5. The summed E-state index contributed by atoms with van der Waals surface area (Å²) in [6.45, 7) is 0. The van der Waals surface area contributed by atoms with E-state index in [0.29, 0.717) is 0 Å². The van der Waals surface area contributed by atoms with E-state index < -0.39 is 0 Å². The van der Waals surface area contributed by atoms with Gasteiger partial charge in [0, 0.05) is 26.8 Å². The molecular weight excluding hydrogens is 767 g/mol. The van der Waals surface area contributed by atoms with Crippen LogP contribution in [0.3, 0.4) is 0 Å². The quantitative estimate of drug-likeness (QED) is 0.155. The second-order valence-corrected chi connectivity index (χ2v) is 17.1. The van der Waals surface area contributed by atoms with Crippen molar-refractivity contribution in [2.24, 2.45) is 0 Å². The van der Waals surface area contributed by atoms with E-state index in [4.69, 9.17) is 0 Å². The second kappa shape index (κ2) is 15.0. The lowest BCUT2D eigenvalue weighted by molar-refractivity contribution is 1.30. The van der Waals surface area contributed by atoms with Crippen LogP contribution in [-0.4, -0.2) is 0 Å². The fourth-order valence-electron chi connectivity index (χ4n) is 9.28. The summed E-state index contributed by atoms with van der Waals surface area (Å²) in [4.78, 5) is 2.46. The molecule has 0 radical (unpaired) electrons. The summed E-state index contributed by atoms with van der Waals surface area (Å²) in [6, 6.07) is 86.6. The van der Waals surface area contributed by atoms with Gasteiger partial charge in [0.25, 0.3) is 0 Å². The Labute approximate surface area is 365 Å². The van der Waals surface area contributed by atoms with Gasteiger partial charge in [-0.25, -0.2) is 0 Å². The van der Waals surface area contributed by atoms with Gasteiger partial charge in [-0.15, -0.1) is 11.3 Å². The van der Waals surface area contributed by atoms with E-state index in [0.717, 1.165) is 11.4 Å². The molecule has 1 aromatic heterocycles. The van der Waals surface area contributed by atoms with E-state index in [9.17, 15) is 0 Å². The fourth-order valence-corrected chi connectivity index (χ4v) is 10.6. The topological polar surface area (TPSA) is 3.24 Å². The number of hydrogen-bond donors (Lipinski definition) is 0. The van der Waals surface area contributed by atoms with Crippen molar-refractivity contribution in [3.8, 4) is 44.5 Å². The minimum absolute atomic E-state index is 1.11. The maximum atomic E-state index is 2.46. The number of hydrogen-bond acceptors (Lipinski definition) is 2. The number of benzene rings is 11. The van der Waals surface area contributed by atoms with E-state index in [1.807, 2.05) is 11.3 Å². The molecule has 12 aromatic rings. The Morgan fingerprint density at radius 2 is 0.726 bits per heavy atom. The summed E-state index contributed by atoms with van der Waals surface area (Å²) in [6.07, 6.45) is 0. The van der Waals surface area contributed by atoms with Crippen molar-refractivity contribution in [2.45, 2.75) is 0 Å². The summed E-state index contributed by atoms with van der Waals surface area (Å²) >= 11 is 1.90. The van der Waals surface area contributed by atoms with Gasteiger partial charge in [-0.2, -0.15) is 0 Å². The summed E-state index contributed by atoms with van der Waals surface area (Å²) in [5, 5.41) is 10.1. The van der Waals surface area contributed by atoms with Crippen molar-refractivity contribution in [2.75, 3.05) is 4.90 Å². The molecule has 0 saturated carbocycles. The van der Waals surface area contributed by atoms with Crippen LogP contribution in [0.2, 0.25) is 0 Å². The van der Waals surface area contributed by atoms with Crippen molar-refractivity contribution in [3.63, 3.8) is 0 Å². The molecular formula is C60H39NS. The Bertz CT molecular complexity index is 3610. The Morgan fingerprint density at radius 3 is 1.37 bits per heavy atom. The molecule has 0 fully saturated rings. The van der Waals surface area contributed by atoms with Crippen molar-refractivity contribution >= 4 is 80.9 Å². The number of fused-ring (bicyclic) bond motifs is 7. The first-order chi connectivity index (χ1) is 30.7. The van der Waals surface area contributed by atoms with E-state index in [1.165, 1.54) is 103 Å². The van der Waals surface area contributed by atoms with Crippen molar-refractivity contribution in [3.05, 3.63) is 237 Å². The maximum Gasteiger partial charge on any atom is 0.0646 e. The zero-order valence-electron chi connectivity index (χ0n) is 33.9. The fraction of sp³-hybridized carbons (Fsp3) is 0. The van der Waals surface area contributed by atoms with Crippen molar-refractivity contribution in [1.29, 1.82) is 0 Å². The minimum atomic E-state index is 1.11. The highest BCUT2D eigenvalue weighted by Gasteiger charge is 2.22. The molecule has 12 rings (SSSR count). The van der Waals surface area contributed by atoms with Gasteiger partial charge in [-0.05, 0) is 125 Å². The molecule has 0 bridgehead atoms. The van der Waals surface area contributed by atoms with Crippen LogP contribution in [0, 0.1) is 0 Å². The maximum absolute atomic E-state index is 2.46. The van der Waals surface area contributed by atoms with Crippen LogP contribution >= 0.6 is 11.3 Å². The zero-order valence-corrected chi connectivity index (χ0v) is 34.7. The lowest BCUT2D eigenvalue weighted by atomic mass is 9.96. The van der Waals surface area contributed by atoms with Gasteiger partial charge in [0.05, 0.1) is 10.4 Å². The predicted molar refractivity (Wildman–Crippen MR) is 268 cm³/mol. The van der Waals surface area contributed by atoms with E-state index in [2.05, 4.69) is 241 Å². The average molecular weight is 806 g/mol. The van der Waals surface area contributed by atoms with Gasteiger partial charge in [-0.1, -0.05) is 188 Å². The summed E-state index contributed by atoms with van der Waals surface area (Å²) in [7, 11) is 0.